The second kappa shape index (κ2) is 14.4. The van der Waals surface area contributed by atoms with E-state index in [-0.39, 0.29) is 6.61 Å². The fraction of sp³-hybridized carbons (Fsp3) is 0.867. The molecule has 1 atom stereocenters. The summed E-state index contributed by atoms with van der Waals surface area (Å²) in [6, 6.07) is 0. The minimum absolute atomic E-state index is 0.139. The molecule has 0 aliphatic heterocycles. The number of hydrogen-bond donors (Lipinski definition) is 4. The van der Waals surface area contributed by atoms with Crippen molar-refractivity contribution >= 4 is 7.32 Å². The van der Waals surface area contributed by atoms with Gasteiger partial charge in [0.1, 0.15) is 0 Å². The Morgan fingerprint density at radius 2 is 1.52 bits per heavy atom. The van der Waals surface area contributed by atoms with Crippen LogP contribution in [0.25, 0.3) is 0 Å². The molecule has 6 heteroatoms. The molecule has 0 aromatic heterocycles. The first kappa shape index (κ1) is 20.4. The zero-order valence-electron chi connectivity index (χ0n) is 13.2. The van der Waals surface area contributed by atoms with E-state index in [0.717, 1.165) is 25.0 Å². The van der Waals surface area contributed by atoms with Crippen LogP contribution < -0.4 is 0 Å². The summed E-state index contributed by atoms with van der Waals surface area (Å²) in [4.78, 5) is 0. The standard InChI is InChI=1S/C12H23BO3.C3H8O2/c14-13(15)16-12-10-8-6-4-2-1-3-5-7-9-11-12;1-3(5)2-4/h10,14-15H,1-9,11H2;3-5H,2H2,1H3. The van der Waals surface area contributed by atoms with Crippen LogP contribution in [0.2, 0.25) is 0 Å². The number of aliphatic hydroxyl groups excluding tert-OH is 2. The molecule has 5 nitrogen and oxygen atoms in total. The Morgan fingerprint density at radius 3 is 2.00 bits per heavy atom. The molecule has 0 saturated carbocycles. The normalized spacial score (nSPS) is 19.0. The summed E-state index contributed by atoms with van der Waals surface area (Å²) in [5.41, 5.74) is 0. The molecule has 0 aromatic carbocycles. The van der Waals surface area contributed by atoms with Gasteiger partial charge < -0.3 is 24.9 Å². The van der Waals surface area contributed by atoms with Gasteiger partial charge in [-0.15, -0.1) is 0 Å². The van der Waals surface area contributed by atoms with Gasteiger partial charge in [0.15, 0.2) is 0 Å². The summed E-state index contributed by atoms with van der Waals surface area (Å²) >= 11 is 0. The van der Waals surface area contributed by atoms with Crippen molar-refractivity contribution in [1.29, 1.82) is 0 Å². The Bertz CT molecular complexity index is 256. The van der Waals surface area contributed by atoms with Crippen molar-refractivity contribution in [2.75, 3.05) is 6.61 Å². The highest BCUT2D eigenvalue weighted by molar-refractivity contribution is 6.33. The third kappa shape index (κ3) is 15.7. The summed E-state index contributed by atoms with van der Waals surface area (Å²) in [5, 5.41) is 33.6. The maximum atomic E-state index is 8.79. The van der Waals surface area contributed by atoms with Gasteiger partial charge in [0.2, 0.25) is 0 Å². The van der Waals surface area contributed by atoms with Crippen LogP contribution in [-0.2, 0) is 4.65 Å². The van der Waals surface area contributed by atoms with Crippen molar-refractivity contribution in [2.24, 2.45) is 0 Å². The number of allylic oxidation sites excluding steroid dienone is 2. The molecule has 124 valence electrons. The van der Waals surface area contributed by atoms with Gasteiger partial charge in [0.25, 0.3) is 0 Å². The molecule has 1 aliphatic rings. The third-order valence-corrected chi connectivity index (χ3v) is 3.27. The second-order valence-corrected chi connectivity index (χ2v) is 5.51. The predicted molar refractivity (Wildman–Crippen MR) is 84.3 cm³/mol. The second-order valence-electron chi connectivity index (χ2n) is 5.51. The average Bonchev–Trinajstić information content (AvgIpc) is 2.42. The van der Waals surface area contributed by atoms with Crippen molar-refractivity contribution in [3.63, 3.8) is 0 Å². The summed E-state index contributed by atoms with van der Waals surface area (Å²) < 4.78 is 4.97. The Morgan fingerprint density at radius 1 is 1.05 bits per heavy atom. The van der Waals surface area contributed by atoms with E-state index in [1.54, 1.807) is 0 Å². The van der Waals surface area contributed by atoms with Crippen LogP contribution in [0, 0.1) is 0 Å². The van der Waals surface area contributed by atoms with Gasteiger partial charge in [0, 0.05) is 6.42 Å². The molecule has 4 N–H and O–H groups in total. The van der Waals surface area contributed by atoms with Crippen LogP contribution in [0.3, 0.4) is 0 Å². The van der Waals surface area contributed by atoms with Crippen LogP contribution >= 0.6 is 0 Å². The average molecular weight is 302 g/mol. The van der Waals surface area contributed by atoms with E-state index in [0.29, 0.717) is 0 Å². The summed E-state index contributed by atoms with van der Waals surface area (Å²) in [7, 11) is -1.67. The SMILES string of the molecule is CC(O)CO.OB(O)OC1=CCCCCCCCCCC1. The highest BCUT2D eigenvalue weighted by Gasteiger charge is 2.12. The van der Waals surface area contributed by atoms with Crippen molar-refractivity contribution in [3.8, 4) is 0 Å². The predicted octanol–water partition coefficient (Wildman–Crippen LogP) is 2.13. The van der Waals surface area contributed by atoms with Gasteiger partial charge >= 0.3 is 7.32 Å². The Balaban J connectivity index is 0.000000690. The number of rotatable bonds is 3. The number of aliphatic hydroxyl groups is 2. The zero-order chi connectivity index (χ0) is 15.9. The first-order chi connectivity index (χ1) is 10.1. The van der Waals surface area contributed by atoms with E-state index < -0.39 is 13.4 Å². The lowest BCUT2D eigenvalue weighted by molar-refractivity contribution is 0.110. The van der Waals surface area contributed by atoms with Crippen LogP contribution in [0.1, 0.15) is 71.1 Å². The lowest BCUT2D eigenvalue weighted by atomic mass is 10.0. The Labute approximate surface area is 128 Å². The molecule has 0 fully saturated rings. The van der Waals surface area contributed by atoms with E-state index in [4.69, 9.17) is 24.9 Å². The molecule has 0 bridgehead atoms. The molecule has 1 aliphatic carbocycles. The van der Waals surface area contributed by atoms with E-state index in [9.17, 15) is 0 Å². The van der Waals surface area contributed by atoms with Gasteiger partial charge in [-0.2, -0.15) is 0 Å². The van der Waals surface area contributed by atoms with Gasteiger partial charge in [-0.25, -0.2) is 0 Å². The Hall–Kier alpha value is -0.555. The molecule has 0 spiro atoms. The molecule has 1 rings (SSSR count). The molecule has 0 aromatic rings. The smallest absolute Gasteiger partial charge is 0.516 e. The lowest BCUT2D eigenvalue weighted by Crippen LogP contribution is -2.16. The van der Waals surface area contributed by atoms with Crippen LogP contribution in [0.5, 0.6) is 0 Å². The highest BCUT2D eigenvalue weighted by atomic mass is 16.6. The van der Waals surface area contributed by atoms with Gasteiger partial charge in [0.05, 0.1) is 18.5 Å². The first-order valence-corrected chi connectivity index (χ1v) is 8.07. The van der Waals surface area contributed by atoms with Crippen LogP contribution in [0.15, 0.2) is 11.8 Å². The highest BCUT2D eigenvalue weighted by Crippen LogP contribution is 2.17. The van der Waals surface area contributed by atoms with Crippen molar-refractivity contribution in [3.05, 3.63) is 11.8 Å². The van der Waals surface area contributed by atoms with E-state index in [1.165, 1.54) is 51.9 Å². The Kier molecular flexibility index (Phi) is 14.0. The molecule has 0 heterocycles. The summed E-state index contributed by atoms with van der Waals surface area (Å²) in [6.07, 6.45) is 13.3. The number of hydrogen-bond acceptors (Lipinski definition) is 5. The molecule has 21 heavy (non-hydrogen) atoms. The van der Waals surface area contributed by atoms with Crippen LogP contribution in [-0.4, -0.2) is 40.3 Å². The van der Waals surface area contributed by atoms with E-state index in [2.05, 4.69) is 0 Å². The fourth-order valence-corrected chi connectivity index (χ4v) is 2.11. The quantitative estimate of drug-likeness (QED) is 0.600. The van der Waals surface area contributed by atoms with Crippen LogP contribution in [0.4, 0.5) is 0 Å². The first-order valence-electron chi connectivity index (χ1n) is 8.07. The minimum atomic E-state index is -1.67. The molecular weight excluding hydrogens is 271 g/mol. The van der Waals surface area contributed by atoms with E-state index >= 15 is 0 Å². The van der Waals surface area contributed by atoms with Crippen molar-refractivity contribution < 1.29 is 24.9 Å². The van der Waals surface area contributed by atoms with Gasteiger partial charge in [-0.3, -0.25) is 0 Å². The molecule has 0 radical (unpaired) electrons. The van der Waals surface area contributed by atoms with Crippen molar-refractivity contribution in [1.82, 2.24) is 0 Å². The van der Waals surface area contributed by atoms with E-state index in [1.807, 2.05) is 6.08 Å². The van der Waals surface area contributed by atoms with Gasteiger partial charge in [-0.1, -0.05) is 38.5 Å². The third-order valence-electron chi connectivity index (χ3n) is 3.27. The maximum absolute atomic E-state index is 8.79. The molecule has 0 saturated heterocycles. The summed E-state index contributed by atoms with van der Waals surface area (Å²) in [6.45, 7) is 1.39. The molecular formula is C15H31BO5. The minimum Gasteiger partial charge on any atom is -0.516 e. The topological polar surface area (TPSA) is 90.2 Å². The summed E-state index contributed by atoms with van der Waals surface area (Å²) in [5.74, 6) is 0.746. The molecule has 0 amide bonds. The molecule has 1 unspecified atom stereocenters. The monoisotopic (exact) mass is 302 g/mol. The zero-order valence-corrected chi connectivity index (χ0v) is 13.2. The maximum Gasteiger partial charge on any atom is 0.707 e. The largest absolute Gasteiger partial charge is 0.707 e. The van der Waals surface area contributed by atoms with Crippen molar-refractivity contribution in [2.45, 2.75) is 77.2 Å². The van der Waals surface area contributed by atoms with Gasteiger partial charge in [-0.05, 0) is 32.3 Å². The lowest BCUT2D eigenvalue weighted by Gasteiger charge is -2.11. The fourth-order valence-electron chi connectivity index (χ4n) is 2.11.